The molecule has 0 bridgehead atoms. The third kappa shape index (κ3) is 1.48. The predicted octanol–water partition coefficient (Wildman–Crippen LogP) is 3.51. The van der Waals surface area contributed by atoms with E-state index in [9.17, 15) is 10.1 Å². The molecule has 0 aromatic heterocycles. The average Bonchev–Trinajstić information content (AvgIpc) is 2.16. The van der Waals surface area contributed by atoms with Gasteiger partial charge in [0.15, 0.2) is 0 Å². The minimum atomic E-state index is -0.365. The van der Waals surface area contributed by atoms with E-state index in [1.807, 2.05) is 12.1 Å². The van der Waals surface area contributed by atoms with Gasteiger partial charge in [0.2, 0.25) is 0 Å². The number of non-ortho nitro benzene ring substituents is 1. The SMILES string of the molecule is O=[N+]([O-])c1cccc2cc(Br)ccc12. The lowest BCUT2D eigenvalue weighted by Gasteiger charge is -1.99. The quantitative estimate of drug-likeness (QED) is 0.575. The highest BCUT2D eigenvalue weighted by Gasteiger charge is 2.09. The average molecular weight is 252 g/mol. The van der Waals surface area contributed by atoms with E-state index < -0.39 is 0 Å². The molecule has 0 heterocycles. The molecule has 0 saturated heterocycles. The molecule has 0 aliphatic rings. The lowest BCUT2D eigenvalue weighted by molar-refractivity contribution is -0.383. The van der Waals surface area contributed by atoms with Gasteiger partial charge in [0.1, 0.15) is 0 Å². The molecule has 0 atom stereocenters. The molecular formula is C10H6BrNO2. The predicted molar refractivity (Wildman–Crippen MR) is 58.3 cm³/mol. The molecule has 14 heavy (non-hydrogen) atoms. The van der Waals surface area contributed by atoms with Crippen molar-refractivity contribution in [3.8, 4) is 0 Å². The van der Waals surface area contributed by atoms with Gasteiger partial charge < -0.3 is 0 Å². The lowest BCUT2D eigenvalue weighted by atomic mass is 10.1. The van der Waals surface area contributed by atoms with Crippen molar-refractivity contribution in [3.63, 3.8) is 0 Å². The Labute approximate surface area is 88.6 Å². The molecule has 2 aromatic carbocycles. The maximum Gasteiger partial charge on any atom is 0.277 e. The summed E-state index contributed by atoms with van der Waals surface area (Å²) in [5.74, 6) is 0. The van der Waals surface area contributed by atoms with Crippen LogP contribution >= 0.6 is 15.9 Å². The van der Waals surface area contributed by atoms with E-state index in [4.69, 9.17) is 0 Å². The Kier molecular flexibility index (Phi) is 2.21. The van der Waals surface area contributed by atoms with Gasteiger partial charge >= 0.3 is 0 Å². The van der Waals surface area contributed by atoms with E-state index in [1.165, 1.54) is 6.07 Å². The summed E-state index contributed by atoms with van der Waals surface area (Å²) in [5, 5.41) is 12.2. The summed E-state index contributed by atoms with van der Waals surface area (Å²) >= 11 is 3.32. The van der Waals surface area contributed by atoms with Gasteiger partial charge in [-0.2, -0.15) is 0 Å². The smallest absolute Gasteiger partial charge is 0.258 e. The van der Waals surface area contributed by atoms with Crippen molar-refractivity contribution in [1.29, 1.82) is 0 Å². The Hall–Kier alpha value is -1.42. The second-order valence-corrected chi connectivity index (χ2v) is 3.82. The van der Waals surface area contributed by atoms with Crippen LogP contribution in [-0.2, 0) is 0 Å². The second-order valence-electron chi connectivity index (χ2n) is 2.90. The van der Waals surface area contributed by atoms with Crippen LogP contribution in [0.3, 0.4) is 0 Å². The lowest BCUT2D eigenvalue weighted by Crippen LogP contribution is -1.88. The number of hydrogen-bond donors (Lipinski definition) is 0. The van der Waals surface area contributed by atoms with Gasteiger partial charge in [-0.25, -0.2) is 0 Å². The molecule has 0 radical (unpaired) electrons. The first-order chi connectivity index (χ1) is 6.68. The van der Waals surface area contributed by atoms with Gasteiger partial charge in [-0.1, -0.05) is 28.1 Å². The molecule has 2 rings (SSSR count). The zero-order chi connectivity index (χ0) is 10.1. The zero-order valence-corrected chi connectivity index (χ0v) is 8.69. The van der Waals surface area contributed by atoms with Crippen molar-refractivity contribution in [2.75, 3.05) is 0 Å². The molecule has 2 aromatic rings. The monoisotopic (exact) mass is 251 g/mol. The molecule has 0 amide bonds. The first-order valence-electron chi connectivity index (χ1n) is 4.01. The van der Waals surface area contributed by atoms with Gasteiger partial charge in [-0.15, -0.1) is 0 Å². The first-order valence-corrected chi connectivity index (χ1v) is 4.80. The van der Waals surface area contributed by atoms with Gasteiger partial charge in [0, 0.05) is 10.5 Å². The molecule has 0 fully saturated rings. The van der Waals surface area contributed by atoms with Crippen LogP contribution in [0, 0.1) is 10.1 Å². The number of nitrogens with zero attached hydrogens (tertiary/aromatic N) is 1. The summed E-state index contributed by atoms with van der Waals surface area (Å²) in [7, 11) is 0. The maximum absolute atomic E-state index is 10.7. The molecule has 0 saturated carbocycles. The zero-order valence-electron chi connectivity index (χ0n) is 7.11. The molecular weight excluding hydrogens is 246 g/mol. The summed E-state index contributed by atoms with van der Waals surface area (Å²) in [6.07, 6.45) is 0. The summed E-state index contributed by atoms with van der Waals surface area (Å²) in [6, 6.07) is 10.5. The molecule has 0 spiro atoms. The van der Waals surface area contributed by atoms with E-state index in [0.717, 1.165) is 9.86 Å². The fourth-order valence-electron chi connectivity index (χ4n) is 1.40. The summed E-state index contributed by atoms with van der Waals surface area (Å²) < 4.78 is 0.922. The molecule has 0 unspecified atom stereocenters. The van der Waals surface area contributed by atoms with Gasteiger partial charge in [-0.05, 0) is 23.6 Å². The van der Waals surface area contributed by atoms with E-state index >= 15 is 0 Å². The topological polar surface area (TPSA) is 43.1 Å². The fourth-order valence-corrected chi connectivity index (χ4v) is 1.78. The van der Waals surface area contributed by atoms with Crippen LogP contribution in [-0.4, -0.2) is 4.92 Å². The van der Waals surface area contributed by atoms with Crippen molar-refractivity contribution in [1.82, 2.24) is 0 Å². The number of halogens is 1. The van der Waals surface area contributed by atoms with Crippen LogP contribution in [0.4, 0.5) is 5.69 Å². The van der Waals surface area contributed by atoms with E-state index in [2.05, 4.69) is 15.9 Å². The number of benzene rings is 2. The Morgan fingerprint density at radius 1 is 1.21 bits per heavy atom. The molecule has 0 aliphatic carbocycles. The minimum Gasteiger partial charge on any atom is -0.258 e. The Balaban J connectivity index is 2.81. The third-order valence-electron chi connectivity index (χ3n) is 2.02. The maximum atomic E-state index is 10.7. The molecule has 70 valence electrons. The normalized spacial score (nSPS) is 10.4. The van der Waals surface area contributed by atoms with Gasteiger partial charge in [0.25, 0.3) is 5.69 Å². The molecule has 0 N–H and O–H groups in total. The highest BCUT2D eigenvalue weighted by atomic mass is 79.9. The van der Waals surface area contributed by atoms with Crippen molar-refractivity contribution in [2.24, 2.45) is 0 Å². The molecule has 4 heteroatoms. The van der Waals surface area contributed by atoms with Crippen molar-refractivity contribution in [3.05, 3.63) is 51.0 Å². The summed E-state index contributed by atoms with van der Waals surface area (Å²) in [5.41, 5.74) is 0.148. The standard InChI is InChI=1S/C10H6BrNO2/c11-8-4-5-9-7(6-8)2-1-3-10(9)12(13)14/h1-6H. The minimum absolute atomic E-state index is 0.148. The Morgan fingerprint density at radius 2 is 2.00 bits per heavy atom. The van der Waals surface area contributed by atoms with Crippen LogP contribution in [0.5, 0.6) is 0 Å². The van der Waals surface area contributed by atoms with Crippen molar-refractivity contribution < 1.29 is 4.92 Å². The first kappa shape index (κ1) is 9.15. The van der Waals surface area contributed by atoms with Crippen LogP contribution in [0.1, 0.15) is 0 Å². The molecule has 3 nitrogen and oxygen atoms in total. The number of fused-ring (bicyclic) bond motifs is 1. The fraction of sp³-hybridized carbons (Fsp3) is 0. The van der Waals surface area contributed by atoms with Crippen molar-refractivity contribution in [2.45, 2.75) is 0 Å². The number of rotatable bonds is 1. The van der Waals surface area contributed by atoms with Crippen LogP contribution in [0.15, 0.2) is 40.9 Å². The highest BCUT2D eigenvalue weighted by molar-refractivity contribution is 9.10. The number of hydrogen-bond acceptors (Lipinski definition) is 2. The van der Waals surface area contributed by atoms with Crippen LogP contribution < -0.4 is 0 Å². The van der Waals surface area contributed by atoms with Crippen LogP contribution in [0.2, 0.25) is 0 Å². The van der Waals surface area contributed by atoms with Gasteiger partial charge in [0.05, 0.1) is 10.3 Å². The number of nitro benzene ring substituents is 1. The third-order valence-corrected chi connectivity index (χ3v) is 2.51. The van der Waals surface area contributed by atoms with E-state index in [1.54, 1.807) is 18.2 Å². The van der Waals surface area contributed by atoms with E-state index in [0.29, 0.717) is 5.39 Å². The van der Waals surface area contributed by atoms with Crippen molar-refractivity contribution >= 4 is 32.4 Å². The largest absolute Gasteiger partial charge is 0.277 e. The van der Waals surface area contributed by atoms with Gasteiger partial charge in [-0.3, -0.25) is 10.1 Å². The molecule has 0 aliphatic heterocycles. The summed E-state index contributed by atoms with van der Waals surface area (Å²) in [4.78, 5) is 10.3. The Bertz CT molecular complexity index is 510. The highest BCUT2D eigenvalue weighted by Crippen LogP contribution is 2.27. The van der Waals surface area contributed by atoms with E-state index in [-0.39, 0.29) is 10.6 Å². The second kappa shape index (κ2) is 3.38. The Morgan fingerprint density at radius 3 is 2.71 bits per heavy atom. The van der Waals surface area contributed by atoms with Crippen LogP contribution in [0.25, 0.3) is 10.8 Å². The summed E-state index contributed by atoms with van der Waals surface area (Å²) in [6.45, 7) is 0. The number of nitro groups is 1.